The van der Waals surface area contributed by atoms with Gasteiger partial charge in [-0.15, -0.1) is 0 Å². The summed E-state index contributed by atoms with van der Waals surface area (Å²) >= 11 is 0. The average molecular weight is 562 g/mol. The van der Waals surface area contributed by atoms with Gasteiger partial charge in [0.25, 0.3) is 0 Å². The molecule has 4 aromatic carbocycles. The number of hydrogen-bond acceptors (Lipinski definition) is 8. The molecule has 0 amide bonds. The molecule has 0 aromatic heterocycles. The highest BCUT2D eigenvalue weighted by Crippen LogP contribution is 2.35. The third-order valence-electron chi connectivity index (χ3n) is 6.49. The van der Waals surface area contributed by atoms with Crippen LogP contribution in [0, 0.1) is 6.92 Å². The maximum Gasteiger partial charge on any atom is 0.331 e. The van der Waals surface area contributed by atoms with Gasteiger partial charge < -0.3 is 14.6 Å². The molecule has 8 nitrogen and oxygen atoms in total. The molecular formula is C34H31N3O5. The van der Waals surface area contributed by atoms with Crippen LogP contribution >= 0.6 is 0 Å². The molecule has 0 heterocycles. The Balaban J connectivity index is 1.71. The van der Waals surface area contributed by atoms with Gasteiger partial charge >= 0.3 is 11.9 Å². The van der Waals surface area contributed by atoms with Crippen molar-refractivity contribution in [2.45, 2.75) is 34.6 Å². The summed E-state index contributed by atoms with van der Waals surface area (Å²) in [6.07, 6.45) is 0. The fraction of sp³-hybridized carbons (Fsp3) is 0.147. The van der Waals surface area contributed by atoms with Gasteiger partial charge in [-0.3, -0.25) is 4.79 Å². The summed E-state index contributed by atoms with van der Waals surface area (Å²) in [4.78, 5) is 47.1. The van der Waals surface area contributed by atoms with Crippen molar-refractivity contribution < 1.29 is 24.1 Å². The van der Waals surface area contributed by atoms with Crippen LogP contribution in [0.3, 0.4) is 0 Å². The van der Waals surface area contributed by atoms with E-state index in [4.69, 9.17) is 9.68 Å². The molecule has 0 atom stereocenters. The molecule has 0 N–H and O–H groups in total. The van der Waals surface area contributed by atoms with E-state index in [0.29, 0.717) is 22.6 Å². The largest absolute Gasteiger partial charge is 0.331 e. The summed E-state index contributed by atoms with van der Waals surface area (Å²) in [6, 6.07) is 30.3. The molecule has 0 aliphatic carbocycles. The summed E-state index contributed by atoms with van der Waals surface area (Å²) in [6.45, 7) is 8.05. The van der Waals surface area contributed by atoms with Gasteiger partial charge in [-0.2, -0.15) is 0 Å². The fourth-order valence-corrected chi connectivity index (χ4v) is 4.27. The van der Waals surface area contributed by atoms with Crippen LogP contribution in [0.2, 0.25) is 0 Å². The van der Waals surface area contributed by atoms with E-state index in [9.17, 15) is 14.4 Å². The highest BCUT2D eigenvalue weighted by molar-refractivity contribution is 6.10. The van der Waals surface area contributed by atoms with Crippen molar-refractivity contribution >= 4 is 46.2 Å². The number of nitrogens with zero attached hydrogens (tertiary/aromatic N) is 3. The summed E-state index contributed by atoms with van der Waals surface area (Å²) in [7, 11) is 0. The topological polar surface area (TPSA) is 97.6 Å². The first-order valence-corrected chi connectivity index (χ1v) is 13.3. The van der Waals surface area contributed by atoms with E-state index in [1.165, 1.54) is 13.8 Å². The lowest BCUT2D eigenvalue weighted by Gasteiger charge is -2.26. The lowest BCUT2D eigenvalue weighted by atomic mass is 9.99. The summed E-state index contributed by atoms with van der Waals surface area (Å²) < 4.78 is 0. The van der Waals surface area contributed by atoms with Gasteiger partial charge in [-0.05, 0) is 86.0 Å². The Labute approximate surface area is 244 Å². The molecule has 0 unspecified atom stereocenters. The van der Waals surface area contributed by atoms with Crippen LogP contribution in [0.1, 0.15) is 60.3 Å². The van der Waals surface area contributed by atoms with Crippen LogP contribution in [0.5, 0.6) is 0 Å². The molecule has 42 heavy (non-hydrogen) atoms. The maximum atomic E-state index is 13.2. The number of rotatable bonds is 9. The standard InChI is InChI=1S/C34H31N3O5/c1-22-8-6-7-9-33(22)34(40)29-14-20-32(21-15-29)37(30-16-10-27(11-17-30)23(2)35-41-25(4)38)31-18-12-28(13-19-31)24(3)36-42-26(5)39/h6-21H,1-5H3/b35-23+,36-24+. The predicted octanol–water partition coefficient (Wildman–Crippen LogP) is 7.27. The number of anilines is 3. The first-order valence-electron chi connectivity index (χ1n) is 13.3. The number of aryl methyl sites for hydroxylation is 1. The zero-order valence-corrected chi connectivity index (χ0v) is 24.1. The van der Waals surface area contributed by atoms with Gasteiger partial charge in [0.15, 0.2) is 5.78 Å². The minimum absolute atomic E-state index is 0.0370. The second kappa shape index (κ2) is 13.3. The number of carbonyl (C=O) groups excluding carboxylic acids is 3. The van der Waals surface area contributed by atoms with Gasteiger partial charge in [0.05, 0.1) is 11.4 Å². The molecule has 0 radical (unpaired) electrons. The van der Waals surface area contributed by atoms with Crippen molar-refractivity contribution in [3.63, 3.8) is 0 Å². The van der Waals surface area contributed by atoms with Gasteiger partial charge in [0, 0.05) is 42.0 Å². The third kappa shape index (κ3) is 7.22. The zero-order valence-electron chi connectivity index (χ0n) is 24.1. The zero-order chi connectivity index (χ0) is 30.2. The number of oxime groups is 2. The van der Waals surface area contributed by atoms with E-state index in [1.54, 1.807) is 13.8 Å². The quantitative estimate of drug-likeness (QED) is 0.0923. The molecule has 4 rings (SSSR count). The molecule has 212 valence electrons. The van der Waals surface area contributed by atoms with Crippen molar-refractivity contribution in [3.8, 4) is 0 Å². The minimum atomic E-state index is -0.488. The number of carbonyl (C=O) groups is 3. The first kappa shape index (κ1) is 29.6. The Morgan fingerprint density at radius 1 is 0.548 bits per heavy atom. The second-order valence-corrected chi connectivity index (χ2v) is 9.64. The molecule has 8 heteroatoms. The van der Waals surface area contributed by atoms with E-state index in [1.807, 2.05) is 109 Å². The molecular weight excluding hydrogens is 530 g/mol. The summed E-state index contributed by atoms with van der Waals surface area (Å²) in [5.74, 6) is -1.01. The van der Waals surface area contributed by atoms with Gasteiger partial charge in [0.1, 0.15) is 0 Å². The molecule has 0 spiro atoms. The molecule has 0 saturated carbocycles. The van der Waals surface area contributed by atoms with Crippen LogP contribution < -0.4 is 4.90 Å². The monoisotopic (exact) mass is 561 g/mol. The van der Waals surface area contributed by atoms with Crippen LogP contribution in [0.15, 0.2) is 107 Å². The van der Waals surface area contributed by atoms with E-state index >= 15 is 0 Å². The van der Waals surface area contributed by atoms with E-state index in [-0.39, 0.29) is 5.78 Å². The molecule has 0 aliphatic rings. The SMILES string of the molecule is CC(=O)O/N=C(\C)c1ccc(N(c2ccc(C(=O)c3ccccc3C)cc2)c2ccc(/C(C)=N/OC(C)=O)cc2)cc1. The van der Waals surface area contributed by atoms with Crippen molar-refractivity contribution in [1.82, 2.24) is 0 Å². The smallest absolute Gasteiger partial charge is 0.318 e. The molecule has 4 aromatic rings. The Morgan fingerprint density at radius 3 is 1.31 bits per heavy atom. The highest BCUT2D eigenvalue weighted by Gasteiger charge is 2.16. The summed E-state index contributed by atoms with van der Waals surface area (Å²) in [5.41, 5.74) is 7.46. The van der Waals surface area contributed by atoms with Gasteiger partial charge in [-0.25, -0.2) is 9.59 Å². The number of ketones is 1. The van der Waals surface area contributed by atoms with Gasteiger partial charge in [-0.1, -0.05) is 58.8 Å². The Hall–Kier alpha value is -5.37. The van der Waals surface area contributed by atoms with Crippen molar-refractivity contribution in [2.24, 2.45) is 10.3 Å². The number of benzene rings is 4. The van der Waals surface area contributed by atoms with Crippen LogP contribution in [-0.2, 0) is 19.3 Å². The van der Waals surface area contributed by atoms with Crippen LogP contribution in [0.4, 0.5) is 17.1 Å². The summed E-state index contributed by atoms with van der Waals surface area (Å²) in [5, 5.41) is 7.75. The Morgan fingerprint density at radius 2 is 0.929 bits per heavy atom. The lowest BCUT2D eigenvalue weighted by Crippen LogP contribution is -2.11. The highest BCUT2D eigenvalue weighted by atomic mass is 16.7. The molecule has 0 saturated heterocycles. The first-order chi connectivity index (χ1) is 20.1. The Bertz CT molecular complexity index is 1580. The van der Waals surface area contributed by atoms with E-state index in [2.05, 4.69) is 10.3 Å². The molecule has 0 bridgehead atoms. The third-order valence-corrected chi connectivity index (χ3v) is 6.49. The lowest BCUT2D eigenvalue weighted by molar-refractivity contribution is -0.141. The fourth-order valence-electron chi connectivity index (χ4n) is 4.27. The minimum Gasteiger partial charge on any atom is -0.318 e. The van der Waals surface area contributed by atoms with E-state index < -0.39 is 11.9 Å². The van der Waals surface area contributed by atoms with Crippen LogP contribution in [0.25, 0.3) is 0 Å². The van der Waals surface area contributed by atoms with Gasteiger partial charge in [0.2, 0.25) is 0 Å². The maximum absolute atomic E-state index is 13.2. The van der Waals surface area contributed by atoms with Crippen molar-refractivity contribution in [3.05, 3.63) is 125 Å². The van der Waals surface area contributed by atoms with Crippen molar-refractivity contribution in [2.75, 3.05) is 4.90 Å². The average Bonchev–Trinajstić information content (AvgIpc) is 2.99. The molecule has 0 fully saturated rings. The number of hydrogen-bond donors (Lipinski definition) is 0. The van der Waals surface area contributed by atoms with Crippen molar-refractivity contribution in [1.29, 1.82) is 0 Å². The Kier molecular flexibility index (Phi) is 9.39. The van der Waals surface area contributed by atoms with E-state index in [0.717, 1.165) is 33.8 Å². The normalized spacial score (nSPS) is 11.5. The van der Waals surface area contributed by atoms with Crippen LogP contribution in [-0.4, -0.2) is 29.1 Å². The molecule has 0 aliphatic heterocycles. The second-order valence-electron chi connectivity index (χ2n) is 9.64. The predicted molar refractivity (Wildman–Crippen MR) is 164 cm³/mol.